The number of aliphatic hydroxyl groups excluding tert-OH is 1. The molecular weight excluding hydrogens is 693 g/mol. The van der Waals surface area contributed by atoms with Crippen LogP contribution in [0, 0.1) is 11.8 Å². The molecule has 0 aliphatic rings. The lowest BCUT2D eigenvalue weighted by Gasteiger charge is -2.32. The monoisotopic (exact) mass is 740 g/mol. The van der Waals surface area contributed by atoms with Crippen LogP contribution in [0.1, 0.15) is 53.2 Å². The van der Waals surface area contributed by atoms with Gasteiger partial charge in [0.25, 0.3) is 0 Å². The van der Waals surface area contributed by atoms with E-state index >= 15 is 0 Å². The topological polar surface area (TPSA) is 160 Å². The van der Waals surface area contributed by atoms with Gasteiger partial charge in [0.15, 0.2) is 5.78 Å². The minimum atomic E-state index is -1.37. The van der Waals surface area contributed by atoms with Crippen LogP contribution in [0.3, 0.4) is 0 Å². The molecule has 0 saturated carbocycles. The number of alkyl carbamates (subject to hydrolysis) is 1. The number of rotatable bonds is 18. The Morgan fingerprint density at radius 2 is 1.13 bits per heavy atom. The fraction of sp³-hybridized carbons (Fsp3) is 0.244. The van der Waals surface area contributed by atoms with Gasteiger partial charge in [-0.2, -0.15) is 0 Å². The summed E-state index contributed by atoms with van der Waals surface area (Å²) in [5.74, 6) is -3.38. The lowest BCUT2D eigenvalue weighted by Crippen LogP contribution is -2.51. The van der Waals surface area contributed by atoms with Crippen LogP contribution in [-0.2, 0) is 38.7 Å². The smallest absolute Gasteiger partial charge is 0.408 e. The Morgan fingerprint density at radius 1 is 0.636 bits per heavy atom. The van der Waals surface area contributed by atoms with E-state index in [1.807, 2.05) is 97.1 Å². The third-order valence-corrected chi connectivity index (χ3v) is 9.50. The van der Waals surface area contributed by atoms with Gasteiger partial charge < -0.3 is 31.5 Å². The molecule has 6 atom stereocenters. The average Bonchev–Trinajstić information content (AvgIpc) is 3.22. The first-order valence-corrected chi connectivity index (χ1v) is 18.4. The number of nitrogens with two attached hydrogens (primary N) is 1. The van der Waals surface area contributed by atoms with Crippen LogP contribution in [0.5, 0.6) is 0 Å². The zero-order valence-corrected chi connectivity index (χ0v) is 30.8. The van der Waals surface area contributed by atoms with E-state index in [4.69, 9.17) is 10.5 Å². The van der Waals surface area contributed by atoms with Crippen molar-refractivity contribution in [2.75, 3.05) is 0 Å². The highest BCUT2D eigenvalue weighted by Gasteiger charge is 2.39. The molecule has 5 aromatic rings. The van der Waals surface area contributed by atoms with E-state index in [0.29, 0.717) is 24.1 Å². The minimum absolute atomic E-state index is 0.00280. The van der Waals surface area contributed by atoms with Crippen LogP contribution in [0.15, 0.2) is 152 Å². The summed E-state index contributed by atoms with van der Waals surface area (Å²) in [7, 11) is 0. The van der Waals surface area contributed by atoms with Crippen LogP contribution >= 0.6 is 0 Å². The molecule has 10 heteroatoms. The number of nitrogens with one attached hydrogen (secondary N) is 3. The number of Topliss-reactive ketones (excluding diaryl/α,β-unsaturated/α-hetero) is 1. The molecule has 0 saturated heterocycles. The number of hydrogen-bond donors (Lipinski definition) is 5. The van der Waals surface area contributed by atoms with E-state index < -0.39 is 53.8 Å². The second-order valence-corrected chi connectivity index (χ2v) is 13.5. The van der Waals surface area contributed by atoms with Crippen molar-refractivity contribution < 1.29 is 29.0 Å². The highest BCUT2D eigenvalue weighted by molar-refractivity contribution is 5.94. The van der Waals surface area contributed by atoms with Gasteiger partial charge in [0.05, 0.1) is 18.1 Å². The molecule has 0 aliphatic carbocycles. The van der Waals surface area contributed by atoms with Crippen LogP contribution in [-0.4, -0.2) is 40.9 Å². The normalized spacial score (nSPS) is 14.2. The summed E-state index contributed by atoms with van der Waals surface area (Å²) in [6.07, 6.45) is -1.94. The average molecular weight is 741 g/mol. The molecule has 2 unspecified atom stereocenters. The minimum Gasteiger partial charge on any atom is -0.445 e. The van der Waals surface area contributed by atoms with Crippen molar-refractivity contribution in [1.82, 2.24) is 16.0 Å². The molecule has 0 radical (unpaired) electrons. The molecule has 0 aliphatic heterocycles. The van der Waals surface area contributed by atoms with Crippen molar-refractivity contribution in [3.63, 3.8) is 0 Å². The summed E-state index contributed by atoms with van der Waals surface area (Å²) in [6.45, 7) is 1.81. The first kappa shape index (κ1) is 40.1. The number of hydrogen-bond acceptors (Lipinski definition) is 7. The molecule has 284 valence electrons. The summed E-state index contributed by atoms with van der Waals surface area (Å²) in [5.41, 5.74) is 10.5. The second kappa shape index (κ2) is 20.4. The van der Waals surface area contributed by atoms with Gasteiger partial charge >= 0.3 is 6.09 Å². The van der Waals surface area contributed by atoms with Crippen LogP contribution in [0.4, 0.5) is 4.79 Å². The molecular formula is C45H48N4O6. The third-order valence-electron chi connectivity index (χ3n) is 9.50. The zero-order valence-electron chi connectivity index (χ0n) is 30.8. The van der Waals surface area contributed by atoms with Gasteiger partial charge in [0, 0.05) is 18.5 Å². The SMILES string of the molecule is C[C@H](NC(=O)C(NC(=O)OCc1ccccc1)c1ccccc1)C(=O)[C@@H](C(N)c1ccccc1)[C@@H](O)C[C@@H](Cc1ccccc1)C(=O)NCc1ccccc1. The van der Waals surface area contributed by atoms with Crippen molar-refractivity contribution in [3.05, 3.63) is 179 Å². The summed E-state index contributed by atoms with van der Waals surface area (Å²) in [5, 5.41) is 20.3. The summed E-state index contributed by atoms with van der Waals surface area (Å²) in [4.78, 5) is 55.0. The Bertz CT molecular complexity index is 1950. The van der Waals surface area contributed by atoms with Crippen molar-refractivity contribution in [1.29, 1.82) is 0 Å². The van der Waals surface area contributed by atoms with Gasteiger partial charge in [-0.05, 0) is 47.6 Å². The largest absolute Gasteiger partial charge is 0.445 e. The van der Waals surface area contributed by atoms with Gasteiger partial charge in [0.1, 0.15) is 12.6 Å². The number of carbonyl (C=O) groups is 4. The summed E-state index contributed by atoms with van der Waals surface area (Å²) >= 11 is 0. The Balaban J connectivity index is 1.35. The lowest BCUT2D eigenvalue weighted by atomic mass is 9.79. The standard InChI is InChI=1S/C45H48N4O6/c1-31(48-44(53)41(36-25-15-6-16-26-36)49-45(54)55-30-34-21-11-4-12-22-34)42(51)39(40(46)35-23-13-5-14-24-35)38(50)28-37(27-32-17-7-2-8-18-32)43(52)47-29-33-19-9-3-10-20-33/h2-26,31,37-41,50H,27-30,46H2,1H3,(H,47,52)(H,48,53)(H,49,54)/t31-,37+,38-,39+,40?,41?/m0/s1. The number of ketones is 1. The van der Waals surface area contributed by atoms with E-state index in [9.17, 15) is 24.3 Å². The van der Waals surface area contributed by atoms with Gasteiger partial charge in [-0.25, -0.2) is 4.79 Å². The molecule has 10 nitrogen and oxygen atoms in total. The van der Waals surface area contributed by atoms with E-state index in [1.54, 1.807) is 54.6 Å². The first-order valence-electron chi connectivity index (χ1n) is 18.4. The molecule has 0 fully saturated rings. The van der Waals surface area contributed by atoms with Crippen molar-refractivity contribution in [2.45, 2.75) is 57.1 Å². The molecule has 0 spiro atoms. The molecule has 0 heterocycles. The molecule has 5 aromatic carbocycles. The molecule has 3 amide bonds. The molecule has 5 rings (SSSR count). The second-order valence-electron chi connectivity index (χ2n) is 13.5. The predicted molar refractivity (Wildman–Crippen MR) is 211 cm³/mol. The number of carbonyl (C=O) groups excluding carboxylic acids is 4. The third kappa shape index (κ3) is 11.9. The van der Waals surface area contributed by atoms with E-state index in [1.165, 1.54) is 6.92 Å². The fourth-order valence-electron chi connectivity index (χ4n) is 6.52. The maximum Gasteiger partial charge on any atom is 0.408 e. The van der Waals surface area contributed by atoms with Gasteiger partial charge in [-0.15, -0.1) is 0 Å². The Morgan fingerprint density at radius 3 is 1.69 bits per heavy atom. The van der Waals surface area contributed by atoms with Crippen molar-refractivity contribution in [3.8, 4) is 0 Å². The Kier molecular flexibility index (Phi) is 14.9. The lowest BCUT2D eigenvalue weighted by molar-refractivity contribution is -0.135. The van der Waals surface area contributed by atoms with Crippen molar-refractivity contribution >= 4 is 23.7 Å². The number of ether oxygens (including phenoxy) is 1. The molecule has 6 N–H and O–H groups in total. The van der Waals surface area contributed by atoms with Crippen LogP contribution in [0.2, 0.25) is 0 Å². The van der Waals surface area contributed by atoms with Gasteiger partial charge in [-0.3, -0.25) is 14.4 Å². The van der Waals surface area contributed by atoms with E-state index in [0.717, 1.165) is 16.7 Å². The zero-order chi connectivity index (χ0) is 39.0. The first-order chi connectivity index (χ1) is 26.7. The molecule has 0 aromatic heterocycles. The van der Waals surface area contributed by atoms with E-state index in [-0.39, 0.29) is 18.9 Å². The Hall–Kier alpha value is -6.10. The predicted octanol–water partition coefficient (Wildman–Crippen LogP) is 5.97. The number of aliphatic hydroxyl groups is 1. The molecule has 0 bridgehead atoms. The number of amides is 3. The highest BCUT2D eigenvalue weighted by Crippen LogP contribution is 2.29. The van der Waals surface area contributed by atoms with Crippen molar-refractivity contribution in [2.24, 2.45) is 17.6 Å². The van der Waals surface area contributed by atoms with E-state index in [2.05, 4.69) is 16.0 Å². The quantitative estimate of drug-likeness (QED) is 0.0740. The number of benzene rings is 5. The summed E-state index contributed by atoms with van der Waals surface area (Å²) in [6, 6.07) is 42.3. The van der Waals surface area contributed by atoms with Crippen LogP contribution < -0.4 is 21.7 Å². The van der Waals surface area contributed by atoms with Gasteiger partial charge in [-0.1, -0.05) is 152 Å². The summed E-state index contributed by atoms with van der Waals surface area (Å²) < 4.78 is 5.39. The maximum atomic E-state index is 14.4. The fourth-order valence-corrected chi connectivity index (χ4v) is 6.52. The molecule has 55 heavy (non-hydrogen) atoms. The Labute approximate surface area is 322 Å². The highest BCUT2D eigenvalue weighted by atomic mass is 16.5. The van der Waals surface area contributed by atoms with Gasteiger partial charge in [0.2, 0.25) is 11.8 Å². The maximum absolute atomic E-state index is 14.4. The van der Waals surface area contributed by atoms with Crippen LogP contribution in [0.25, 0.3) is 0 Å².